The number of hydrogen-bond donors (Lipinski definition) is 1. The van der Waals surface area contributed by atoms with Crippen LogP contribution >= 0.6 is 11.3 Å². The number of fused-ring (bicyclic) bond motifs is 2. The van der Waals surface area contributed by atoms with E-state index in [2.05, 4.69) is 4.98 Å². The van der Waals surface area contributed by atoms with Crippen LogP contribution in [0.2, 0.25) is 0 Å². The number of aryl methyl sites for hydroxylation is 1. The van der Waals surface area contributed by atoms with Gasteiger partial charge in [-0.05, 0) is 43.3 Å². The van der Waals surface area contributed by atoms with Gasteiger partial charge in [-0.2, -0.15) is 13.2 Å². The molecule has 31 heavy (non-hydrogen) atoms. The highest BCUT2D eigenvalue weighted by molar-refractivity contribution is 7.21. The number of rotatable bonds is 3. The fourth-order valence-electron chi connectivity index (χ4n) is 3.38. The number of furan rings is 1. The van der Waals surface area contributed by atoms with E-state index in [1.165, 1.54) is 12.1 Å². The van der Waals surface area contributed by atoms with Crippen LogP contribution in [0.4, 0.5) is 18.9 Å². The van der Waals surface area contributed by atoms with E-state index in [0.29, 0.717) is 17.3 Å². The Morgan fingerprint density at radius 3 is 2.61 bits per heavy atom. The second-order valence-electron chi connectivity index (χ2n) is 6.89. The molecule has 0 fully saturated rings. The lowest BCUT2D eigenvalue weighted by Gasteiger charge is -2.10. The second-order valence-corrected chi connectivity index (χ2v) is 7.88. The molecule has 0 amide bonds. The summed E-state index contributed by atoms with van der Waals surface area (Å²) in [4.78, 5) is 17.3. The number of benzene rings is 1. The van der Waals surface area contributed by atoms with Crippen LogP contribution in [-0.2, 0) is 6.18 Å². The second kappa shape index (κ2) is 6.74. The van der Waals surface area contributed by atoms with Crippen molar-refractivity contribution in [1.29, 1.82) is 0 Å². The van der Waals surface area contributed by atoms with Crippen LogP contribution in [0.3, 0.4) is 0 Å². The SMILES string of the molecule is Cc1ccc(-c2cc(C(F)(F)F)c3c(N)c(C(=O)c4ccc5c(c4)OCO5)sc3n2)o1. The average Bonchev–Trinajstić information content (AvgIpc) is 3.44. The smallest absolute Gasteiger partial charge is 0.417 e. The van der Waals surface area contributed by atoms with E-state index in [9.17, 15) is 18.0 Å². The third-order valence-electron chi connectivity index (χ3n) is 4.84. The summed E-state index contributed by atoms with van der Waals surface area (Å²) in [7, 11) is 0. The molecule has 4 aromatic rings. The van der Waals surface area contributed by atoms with E-state index in [0.717, 1.165) is 17.4 Å². The van der Waals surface area contributed by atoms with Gasteiger partial charge in [-0.1, -0.05) is 0 Å². The van der Waals surface area contributed by atoms with Gasteiger partial charge >= 0.3 is 6.18 Å². The summed E-state index contributed by atoms with van der Waals surface area (Å²) in [6.07, 6.45) is -4.70. The molecule has 0 saturated heterocycles. The highest BCUT2D eigenvalue weighted by atomic mass is 32.1. The van der Waals surface area contributed by atoms with Gasteiger partial charge < -0.3 is 19.6 Å². The molecule has 4 heterocycles. The molecule has 0 bridgehead atoms. The summed E-state index contributed by atoms with van der Waals surface area (Å²) >= 11 is 0.807. The van der Waals surface area contributed by atoms with Gasteiger partial charge in [0.25, 0.3) is 0 Å². The minimum absolute atomic E-state index is 0.000436. The molecule has 0 spiro atoms. The van der Waals surface area contributed by atoms with Gasteiger partial charge in [-0.15, -0.1) is 11.3 Å². The molecule has 1 aliphatic heterocycles. The molecule has 1 aliphatic rings. The van der Waals surface area contributed by atoms with Gasteiger partial charge in [0, 0.05) is 10.9 Å². The van der Waals surface area contributed by atoms with E-state index in [-0.39, 0.29) is 44.6 Å². The zero-order valence-electron chi connectivity index (χ0n) is 15.9. The molecule has 0 aliphatic carbocycles. The number of aromatic nitrogens is 1. The first-order chi connectivity index (χ1) is 14.7. The number of nitrogen functional groups attached to an aromatic ring is 1. The number of thiophene rings is 1. The molecule has 0 unspecified atom stereocenters. The predicted molar refractivity (Wildman–Crippen MR) is 107 cm³/mol. The Hall–Kier alpha value is -3.53. The Morgan fingerprint density at radius 2 is 1.90 bits per heavy atom. The zero-order valence-corrected chi connectivity index (χ0v) is 16.7. The highest BCUT2D eigenvalue weighted by Gasteiger charge is 2.36. The summed E-state index contributed by atoms with van der Waals surface area (Å²) in [5.41, 5.74) is 5.05. The van der Waals surface area contributed by atoms with Crippen molar-refractivity contribution >= 4 is 33.0 Å². The summed E-state index contributed by atoms with van der Waals surface area (Å²) in [6, 6.07) is 8.61. The maximum Gasteiger partial charge on any atom is 0.417 e. The maximum atomic E-state index is 13.9. The molecule has 5 rings (SSSR count). The number of hydrogen-bond acceptors (Lipinski definition) is 7. The lowest BCUT2D eigenvalue weighted by atomic mass is 10.0. The number of alkyl halides is 3. The van der Waals surface area contributed by atoms with Crippen molar-refractivity contribution in [3.05, 3.63) is 58.2 Å². The van der Waals surface area contributed by atoms with E-state index < -0.39 is 17.5 Å². The number of carbonyl (C=O) groups is 1. The predicted octanol–water partition coefficient (Wildman–Crippen LogP) is 5.43. The maximum absolute atomic E-state index is 13.9. The summed E-state index contributed by atoms with van der Waals surface area (Å²) in [5, 5.41) is -0.298. The zero-order chi connectivity index (χ0) is 21.9. The van der Waals surface area contributed by atoms with Crippen molar-refractivity contribution in [1.82, 2.24) is 4.98 Å². The number of pyridine rings is 1. The molecule has 0 radical (unpaired) electrons. The van der Waals surface area contributed by atoms with E-state index in [1.807, 2.05) is 0 Å². The molecular formula is C21H13F3N2O4S. The number of halogens is 3. The fraction of sp³-hybridized carbons (Fsp3) is 0.143. The summed E-state index contributed by atoms with van der Waals surface area (Å²) in [5.74, 6) is 1.08. The third kappa shape index (κ3) is 3.19. The quantitative estimate of drug-likeness (QED) is 0.423. The van der Waals surface area contributed by atoms with Crippen molar-refractivity contribution < 1.29 is 31.9 Å². The van der Waals surface area contributed by atoms with Gasteiger partial charge in [-0.25, -0.2) is 4.98 Å². The normalized spacial score (nSPS) is 13.2. The van der Waals surface area contributed by atoms with Crippen molar-refractivity contribution in [2.75, 3.05) is 12.5 Å². The first-order valence-corrected chi connectivity index (χ1v) is 9.85. The molecule has 0 saturated carbocycles. The van der Waals surface area contributed by atoms with Crippen LogP contribution in [0.25, 0.3) is 21.7 Å². The fourth-order valence-corrected chi connectivity index (χ4v) is 4.46. The van der Waals surface area contributed by atoms with Gasteiger partial charge in [0.1, 0.15) is 21.2 Å². The molecule has 1 aromatic carbocycles. The van der Waals surface area contributed by atoms with Gasteiger partial charge in [0.2, 0.25) is 12.6 Å². The van der Waals surface area contributed by atoms with Crippen LogP contribution < -0.4 is 15.2 Å². The minimum atomic E-state index is -4.70. The van der Waals surface area contributed by atoms with Crippen molar-refractivity contribution in [2.24, 2.45) is 0 Å². The van der Waals surface area contributed by atoms with E-state index >= 15 is 0 Å². The molecule has 158 valence electrons. The summed E-state index contributed by atoms with van der Waals surface area (Å²) in [6.45, 7) is 1.71. The molecule has 10 heteroatoms. The number of nitrogens with zero attached hydrogens (tertiary/aromatic N) is 1. The Kier molecular flexibility index (Phi) is 4.23. The lowest BCUT2D eigenvalue weighted by Crippen LogP contribution is -2.08. The Labute approximate surface area is 177 Å². The van der Waals surface area contributed by atoms with E-state index in [4.69, 9.17) is 19.6 Å². The Balaban J connectivity index is 1.68. The van der Waals surface area contributed by atoms with Crippen LogP contribution in [0.5, 0.6) is 11.5 Å². The van der Waals surface area contributed by atoms with E-state index in [1.54, 1.807) is 25.1 Å². The first kappa shape index (κ1) is 19.4. The van der Waals surface area contributed by atoms with Crippen molar-refractivity contribution in [3.63, 3.8) is 0 Å². The van der Waals surface area contributed by atoms with Crippen molar-refractivity contribution in [2.45, 2.75) is 13.1 Å². The Bertz CT molecular complexity index is 1360. The van der Waals surface area contributed by atoms with Crippen LogP contribution in [0, 0.1) is 6.92 Å². The van der Waals surface area contributed by atoms with Crippen LogP contribution in [0.1, 0.15) is 26.6 Å². The van der Waals surface area contributed by atoms with Crippen molar-refractivity contribution in [3.8, 4) is 23.0 Å². The minimum Gasteiger partial charge on any atom is -0.460 e. The number of anilines is 1. The topological polar surface area (TPSA) is 87.6 Å². The standard InChI is InChI=1S/C21H13F3N2O4S/c1-9-2-4-13(30-9)12-7-11(21(22,23)24)16-17(25)19(31-20(16)26-12)18(27)10-3-5-14-15(6-10)29-8-28-14/h2-7H,8,25H2,1H3. The van der Waals surface area contributed by atoms with Crippen LogP contribution in [-0.4, -0.2) is 17.6 Å². The molecule has 2 N–H and O–H groups in total. The van der Waals surface area contributed by atoms with Gasteiger partial charge in [0.15, 0.2) is 17.3 Å². The van der Waals surface area contributed by atoms with Gasteiger partial charge in [0.05, 0.1) is 11.3 Å². The number of ketones is 1. The summed E-state index contributed by atoms with van der Waals surface area (Å²) < 4.78 is 57.5. The highest BCUT2D eigenvalue weighted by Crippen LogP contribution is 2.44. The third-order valence-corrected chi connectivity index (χ3v) is 5.94. The molecule has 0 atom stereocenters. The number of nitrogens with two attached hydrogens (primary N) is 1. The number of ether oxygens (including phenoxy) is 2. The molecule has 6 nitrogen and oxygen atoms in total. The number of carbonyl (C=O) groups excluding carboxylic acids is 1. The van der Waals surface area contributed by atoms with Crippen LogP contribution in [0.15, 0.2) is 40.8 Å². The van der Waals surface area contributed by atoms with Gasteiger partial charge in [-0.3, -0.25) is 4.79 Å². The monoisotopic (exact) mass is 446 g/mol. The lowest BCUT2D eigenvalue weighted by molar-refractivity contribution is -0.136. The molecule has 3 aromatic heterocycles. The largest absolute Gasteiger partial charge is 0.460 e. The Morgan fingerprint density at radius 1 is 1.13 bits per heavy atom. The first-order valence-electron chi connectivity index (χ1n) is 9.04. The average molecular weight is 446 g/mol. The molecular weight excluding hydrogens is 433 g/mol.